The predicted molar refractivity (Wildman–Crippen MR) is 154 cm³/mol. The third kappa shape index (κ3) is 6.59. The zero-order valence-corrected chi connectivity index (χ0v) is 24.1. The van der Waals surface area contributed by atoms with Crippen LogP contribution >= 0.6 is 0 Å². The fraction of sp³-hybridized carbons (Fsp3) is 0.516. The van der Waals surface area contributed by atoms with Crippen LogP contribution in [0.3, 0.4) is 0 Å². The first kappa shape index (κ1) is 28.7. The number of para-hydroxylation sites is 1. The summed E-state index contributed by atoms with van der Waals surface area (Å²) < 4.78 is 17.2. The summed E-state index contributed by atoms with van der Waals surface area (Å²) in [6, 6.07) is 13.1. The molecule has 3 aliphatic rings. The van der Waals surface area contributed by atoms with Gasteiger partial charge in [-0.25, -0.2) is 4.79 Å². The molecule has 0 saturated carbocycles. The Morgan fingerprint density at radius 2 is 1.68 bits per heavy atom. The summed E-state index contributed by atoms with van der Waals surface area (Å²) in [5.41, 5.74) is 7.85. The normalized spacial score (nSPS) is 18.5. The number of ether oxygens (including phenoxy) is 3. The fourth-order valence-electron chi connectivity index (χ4n) is 5.86. The van der Waals surface area contributed by atoms with Gasteiger partial charge in [0.15, 0.2) is 0 Å². The molecule has 3 heterocycles. The number of fused-ring (bicyclic) bond motifs is 1. The largest absolute Gasteiger partial charge is 0.496 e. The molecule has 0 radical (unpaired) electrons. The third-order valence-corrected chi connectivity index (χ3v) is 8.02. The highest BCUT2D eigenvalue weighted by Gasteiger charge is 2.35. The molecule has 0 atom stereocenters. The predicted octanol–water partition coefficient (Wildman–Crippen LogP) is 3.95. The van der Waals surface area contributed by atoms with Gasteiger partial charge in [-0.15, -0.1) is 0 Å². The molecule has 3 aliphatic heterocycles. The first-order chi connectivity index (χ1) is 19.6. The van der Waals surface area contributed by atoms with Crippen LogP contribution in [0.15, 0.2) is 42.5 Å². The molecule has 10 nitrogen and oxygen atoms in total. The van der Waals surface area contributed by atoms with E-state index in [2.05, 4.69) is 0 Å². The minimum absolute atomic E-state index is 0.0261. The van der Waals surface area contributed by atoms with Crippen LogP contribution in [0, 0.1) is 0 Å². The summed E-state index contributed by atoms with van der Waals surface area (Å²) in [6.45, 7) is 6.31. The SMILES string of the molecule is COc1cc(OC2CCN(C(=O)CC(C)(C)N)CC2)ccc1C(=O)N1CCC(N2C(=O)OCc3ccccc32)CC1. The summed E-state index contributed by atoms with van der Waals surface area (Å²) in [7, 11) is 1.55. The number of likely N-dealkylation sites (tertiary alicyclic amines) is 2. The minimum atomic E-state index is -0.524. The van der Waals surface area contributed by atoms with Gasteiger partial charge in [-0.3, -0.25) is 14.5 Å². The van der Waals surface area contributed by atoms with E-state index >= 15 is 0 Å². The van der Waals surface area contributed by atoms with E-state index in [1.165, 1.54) is 0 Å². The number of nitrogens with zero attached hydrogens (tertiary/aromatic N) is 3. The van der Waals surface area contributed by atoms with Crippen molar-refractivity contribution in [2.24, 2.45) is 5.73 Å². The van der Waals surface area contributed by atoms with Crippen LogP contribution in [0.2, 0.25) is 0 Å². The molecule has 3 amide bonds. The van der Waals surface area contributed by atoms with Gasteiger partial charge in [0.05, 0.1) is 18.4 Å². The molecule has 0 unspecified atom stereocenters. The fourth-order valence-corrected chi connectivity index (χ4v) is 5.86. The molecule has 220 valence electrons. The first-order valence-corrected chi connectivity index (χ1v) is 14.4. The van der Waals surface area contributed by atoms with Crippen LogP contribution < -0.4 is 20.1 Å². The lowest BCUT2D eigenvalue weighted by atomic mass is 9.99. The summed E-state index contributed by atoms with van der Waals surface area (Å²) in [5, 5.41) is 0. The van der Waals surface area contributed by atoms with Crippen LogP contribution in [0.4, 0.5) is 10.5 Å². The van der Waals surface area contributed by atoms with Crippen LogP contribution in [0.1, 0.15) is 61.9 Å². The highest BCUT2D eigenvalue weighted by molar-refractivity contribution is 5.97. The van der Waals surface area contributed by atoms with E-state index in [1.54, 1.807) is 30.2 Å². The van der Waals surface area contributed by atoms with Crippen molar-refractivity contribution in [1.82, 2.24) is 9.80 Å². The zero-order chi connectivity index (χ0) is 29.1. The number of anilines is 1. The second kappa shape index (κ2) is 12.0. The molecule has 5 rings (SSSR count). The monoisotopic (exact) mass is 564 g/mol. The van der Waals surface area contributed by atoms with Crippen molar-refractivity contribution in [3.8, 4) is 11.5 Å². The van der Waals surface area contributed by atoms with Crippen molar-refractivity contribution in [3.63, 3.8) is 0 Å². The lowest BCUT2D eigenvalue weighted by Gasteiger charge is -2.40. The Bertz CT molecular complexity index is 1280. The molecule has 2 aromatic rings. The van der Waals surface area contributed by atoms with Crippen LogP contribution in [-0.4, -0.2) is 78.7 Å². The number of carbonyl (C=O) groups is 3. The van der Waals surface area contributed by atoms with Gasteiger partial charge in [0.25, 0.3) is 5.91 Å². The van der Waals surface area contributed by atoms with Gasteiger partial charge in [0.2, 0.25) is 5.91 Å². The van der Waals surface area contributed by atoms with Crippen molar-refractivity contribution in [1.29, 1.82) is 0 Å². The molecule has 10 heteroatoms. The molecular formula is C31H40N4O6. The third-order valence-electron chi connectivity index (χ3n) is 8.02. The number of carbonyl (C=O) groups excluding carboxylic acids is 3. The van der Waals surface area contributed by atoms with Crippen molar-refractivity contribution in [3.05, 3.63) is 53.6 Å². The summed E-state index contributed by atoms with van der Waals surface area (Å²) in [4.78, 5) is 44.0. The Kier molecular flexibility index (Phi) is 8.40. The lowest BCUT2D eigenvalue weighted by molar-refractivity contribution is -0.134. The van der Waals surface area contributed by atoms with E-state index in [0.29, 0.717) is 62.5 Å². The number of piperidine rings is 2. The number of rotatable bonds is 7. The van der Waals surface area contributed by atoms with Crippen molar-refractivity contribution >= 4 is 23.6 Å². The van der Waals surface area contributed by atoms with E-state index in [9.17, 15) is 14.4 Å². The lowest BCUT2D eigenvalue weighted by Crippen LogP contribution is -2.50. The van der Waals surface area contributed by atoms with Crippen molar-refractivity contribution in [2.75, 3.05) is 38.2 Å². The summed E-state index contributed by atoms with van der Waals surface area (Å²) in [6.07, 6.45) is 2.73. The number of hydrogen-bond acceptors (Lipinski definition) is 7. The van der Waals surface area contributed by atoms with E-state index in [1.807, 2.05) is 47.9 Å². The van der Waals surface area contributed by atoms with Crippen LogP contribution in [0.5, 0.6) is 11.5 Å². The Morgan fingerprint density at radius 1 is 1.00 bits per heavy atom. The van der Waals surface area contributed by atoms with Gasteiger partial charge in [0, 0.05) is 68.7 Å². The number of hydrogen-bond donors (Lipinski definition) is 1. The maximum Gasteiger partial charge on any atom is 0.414 e. The highest BCUT2D eigenvalue weighted by atomic mass is 16.6. The molecule has 2 aromatic carbocycles. The van der Waals surface area contributed by atoms with Gasteiger partial charge in [-0.2, -0.15) is 0 Å². The highest BCUT2D eigenvalue weighted by Crippen LogP contribution is 2.33. The topological polar surface area (TPSA) is 115 Å². The standard InChI is InChI=1S/C31H40N4O6/c1-31(2,32)19-28(36)33-16-12-23(13-17-33)41-24-8-9-25(27(18-24)39-3)29(37)34-14-10-22(11-15-34)35-26-7-5-4-6-21(26)20-40-30(35)38/h4-9,18,22-23H,10-17,19-20,32H2,1-3H3. The summed E-state index contributed by atoms with van der Waals surface area (Å²) >= 11 is 0. The quantitative estimate of drug-likeness (QED) is 0.542. The van der Waals surface area contributed by atoms with Crippen molar-refractivity contribution < 1.29 is 28.6 Å². The Balaban J connectivity index is 1.17. The Hall–Kier alpha value is -3.79. The second-order valence-corrected chi connectivity index (χ2v) is 11.8. The zero-order valence-electron chi connectivity index (χ0n) is 24.1. The number of nitrogens with two attached hydrogens (primary N) is 1. The Morgan fingerprint density at radius 3 is 2.37 bits per heavy atom. The molecule has 0 spiro atoms. The van der Waals surface area contributed by atoms with E-state index in [-0.39, 0.29) is 36.7 Å². The Labute approximate surface area is 241 Å². The van der Waals surface area contributed by atoms with Crippen LogP contribution in [0.25, 0.3) is 0 Å². The molecular weight excluding hydrogens is 524 g/mol. The molecule has 2 N–H and O–H groups in total. The number of benzene rings is 2. The molecule has 0 bridgehead atoms. The van der Waals surface area contributed by atoms with E-state index in [4.69, 9.17) is 19.9 Å². The van der Waals surface area contributed by atoms with Gasteiger partial charge < -0.3 is 29.7 Å². The number of cyclic esters (lactones) is 1. The van der Waals surface area contributed by atoms with Gasteiger partial charge >= 0.3 is 6.09 Å². The molecule has 0 aliphatic carbocycles. The van der Waals surface area contributed by atoms with Gasteiger partial charge in [-0.05, 0) is 44.9 Å². The van der Waals surface area contributed by atoms with E-state index < -0.39 is 5.54 Å². The van der Waals surface area contributed by atoms with Gasteiger partial charge in [-0.1, -0.05) is 18.2 Å². The minimum Gasteiger partial charge on any atom is -0.496 e. The number of methoxy groups -OCH3 is 1. The first-order valence-electron chi connectivity index (χ1n) is 14.4. The van der Waals surface area contributed by atoms with Crippen molar-refractivity contribution in [2.45, 2.75) is 70.2 Å². The number of amides is 3. The molecule has 2 saturated heterocycles. The maximum absolute atomic E-state index is 13.5. The van der Waals surface area contributed by atoms with Gasteiger partial charge in [0.1, 0.15) is 24.2 Å². The maximum atomic E-state index is 13.5. The molecule has 41 heavy (non-hydrogen) atoms. The smallest absolute Gasteiger partial charge is 0.414 e. The molecule has 0 aromatic heterocycles. The van der Waals surface area contributed by atoms with Crippen LogP contribution in [-0.2, 0) is 16.1 Å². The van der Waals surface area contributed by atoms with E-state index in [0.717, 1.165) is 24.1 Å². The average Bonchev–Trinajstić information content (AvgIpc) is 2.96. The summed E-state index contributed by atoms with van der Waals surface area (Å²) in [5.74, 6) is 1.06. The average molecular weight is 565 g/mol. The molecule has 2 fully saturated rings. The second-order valence-electron chi connectivity index (χ2n) is 11.8.